The Balaban J connectivity index is 5.20. The third-order valence-corrected chi connectivity index (χ3v) is 6.05. The minimum atomic E-state index is -1.81. The van der Waals surface area contributed by atoms with Crippen LogP contribution in [0.1, 0.15) is 13.3 Å². The highest BCUT2D eigenvalue weighted by molar-refractivity contribution is 6.80. The first-order valence-corrected chi connectivity index (χ1v) is 13.5. The molecule has 0 saturated heterocycles. The van der Waals surface area contributed by atoms with Gasteiger partial charge in [0, 0.05) is 18.0 Å². The molecule has 0 aromatic carbocycles. The summed E-state index contributed by atoms with van der Waals surface area (Å²) < 4.78 is 5.92. The lowest BCUT2D eigenvalue weighted by Gasteiger charge is -2.29. The molecular formula is C13H27NO3Si2. The average Bonchev–Trinajstić information content (AvgIpc) is 2.07. The molecule has 0 bridgehead atoms. The summed E-state index contributed by atoms with van der Waals surface area (Å²) in [5.41, 5.74) is 5.29. The molecule has 0 aromatic heterocycles. The van der Waals surface area contributed by atoms with Crippen LogP contribution in [0.15, 0.2) is 11.8 Å². The third-order valence-electron chi connectivity index (χ3n) is 2.60. The van der Waals surface area contributed by atoms with Crippen molar-refractivity contribution in [1.82, 2.24) is 0 Å². The van der Waals surface area contributed by atoms with Crippen molar-refractivity contribution in [3.05, 3.63) is 11.8 Å². The number of ketones is 1. The van der Waals surface area contributed by atoms with Crippen molar-refractivity contribution in [3.8, 4) is 0 Å². The fraction of sp³-hybridized carbons (Fsp3) is 0.692. The van der Waals surface area contributed by atoms with E-state index >= 15 is 0 Å². The van der Waals surface area contributed by atoms with Gasteiger partial charge in [-0.2, -0.15) is 0 Å². The zero-order valence-electron chi connectivity index (χ0n) is 13.2. The Morgan fingerprint density at radius 2 is 1.63 bits per heavy atom. The lowest BCUT2D eigenvalue weighted by atomic mass is 10.2. The smallest absolute Gasteiger partial charge is 0.241 e. The third kappa shape index (κ3) is 7.99. The summed E-state index contributed by atoms with van der Waals surface area (Å²) in [7, 11) is -3.54. The zero-order chi connectivity index (χ0) is 15.4. The molecule has 6 heteroatoms. The number of carbonyl (C=O) groups excluding carboxylic acids is 2. The van der Waals surface area contributed by atoms with Crippen LogP contribution in [0.4, 0.5) is 0 Å². The first-order valence-electron chi connectivity index (χ1n) is 6.52. The van der Waals surface area contributed by atoms with E-state index in [0.717, 1.165) is 0 Å². The number of nitrogens with two attached hydrogens (primary N) is 1. The largest absolute Gasteiger partial charge is 0.547 e. The Bertz CT molecular complexity index is 378. The molecule has 110 valence electrons. The second kappa shape index (κ2) is 6.52. The van der Waals surface area contributed by atoms with E-state index in [1.807, 2.05) is 0 Å². The Morgan fingerprint density at radius 3 is 1.89 bits per heavy atom. The molecule has 0 rings (SSSR count). The SMILES string of the molecule is CC(=O)C=C(CC(C(N)=O)[Si](C)(C)C)O[Si](C)(C)C. The lowest BCUT2D eigenvalue weighted by molar-refractivity contribution is -0.118. The van der Waals surface area contributed by atoms with E-state index in [1.54, 1.807) is 0 Å². The molecule has 2 N–H and O–H groups in total. The molecule has 0 aliphatic rings. The van der Waals surface area contributed by atoms with E-state index in [4.69, 9.17) is 10.2 Å². The van der Waals surface area contributed by atoms with Gasteiger partial charge in [-0.3, -0.25) is 9.59 Å². The number of rotatable bonds is 7. The van der Waals surface area contributed by atoms with Gasteiger partial charge in [-0.05, 0) is 26.6 Å². The molecule has 0 aliphatic heterocycles. The Labute approximate surface area is 118 Å². The highest BCUT2D eigenvalue weighted by Crippen LogP contribution is 2.30. The predicted octanol–water partition coefficient (Wildman–Crippen LogP) is 2.89. The van der Waals surface area contributed by atoms with E-state index in [0.29, 0.717) is 12.2 Å². The summed E-state index contributed by atoms with van der Waals surface area (Å²) >= 11 is 0. The van der Waals surface area contributed by atoms with E-state index in [1.165, 1.54) is 13.0 Å². The lowest BCUT2D eigenvalue weighted by Crippen LogP contribution is -2.38. The van der Waals surface area contributed by atoms with Crippen LogP contribution in [0, 0.1) is 0 Å². The minimum Gasteiger partial charge on any atom is -0.547 e. The van der Waals surface area contributed by atoms with E-state index in [2.05, 4.69) is 39.3 Å². The van der Waals surface area contributed by atoms with Gasteiger partial charge in [-0.15, -0.1) is 0 Å². The van der Waals surface area contributed by atoms with Crippen LogP contribution in [0.2, 0.25) is 44.8 Å². The van der Waals surface area contributed by atoms with Gasteiger partial charge in [0.1, 0.15) is 0 Å². The van der Waals surface area contributed by atoms with Crippen molar-refractivity contribution >= 4 is 28.1 Å². The molecule has 1 amide bonds. The summed E-state index contributed by atoms with van der Waals surface area (Å²) in [5, 5.41) is 0. The maximum Gasteiger partial charge on any atom is 0.241 e. The molecule has 0 spiro atoms. The summed E-state index contributed by atoms with van der Waals surface area (Å²) in [6, 6.07) is 0. The molecule has 0 heterocycles. The van der Waals surface area contributed by atoms with Crippen molar-refractivity contribution in [2.24, 2.45) is 5.73 Å². The molecule has 0 fully saturated rings. The molecule has 0 radical (unpaired) electrons. The second-order valence-electron chi connectivity index (χ2n) is 6.96. The summed E-state index contributed by atoms with van der Waals surface area (Å²) in [5.74, 6) is 0.248. The number of hydrogen-bond donors (Lipinski definition) is 1. The van der Waals surface area contributed by atoms with Gasteiger partial charge in [-0.1, -0.05) is 19.6 Å². The number of allylic oxidation sites excluding steroid dienone is 2. The Morgan fingerprint density at radius 1 is 1.16 bits per heavy atom. The molecule has 0 aliphatic carbocycles. The number of hydrogen-bond acceptors (Lipinski definition) is 3. The maximum atomic E-state index is 11.6. The molecule has 0 aromatic rings. The minimum absolute atomic E-state index is 0.0629. The van der Waals surface area contributed by atoms with E-state index < -0.39 is 16.4 Å². The molecular weight excluding hydrogens is 274 g/mol. The number of carbonyl (C=O) groups is 2. The standard InChI is InChI=1S/C13H27NO3Si2/c1-10(15)8-11(17-19(5,6)7)9-12(13(14)16)18(2,3)4/h8,12H,9H2,1-7H3,(H2,14,16). The van der Waals surface area contributed by atoms with Gasteiger partial charge in [0.2, 0.25) is 14.2 Å². The normalized spacial score (nSPS) is 15.0. The Hall–Kier alpha value is -0.886. The van der Waals surface area contributed by atoms with Crippen molar-refractivity contribution in [2.75, 3.05) is 0 Å². The van der Waals surface area contributed by atoms with Crippen molar-refractivity contribution in [2.45, 2.75) is 58.2 Å². The highest BCUT2D eigenvalue weighted by atomic mass is 28.4. The van der Waals surface area contributed by atoms with Crippen molar-refractivity contribution in [1.29, 1.82) is 0 Å². The van der Waals surface area contributed by atoms with Gasteiger partial charge >= 0.3 is 0 Å². The van der Waals surface area contributed by atoms with Gasteiger partial charge in [-0.25, -0.2) is 0 Å². The van der Waals surface area contributed by atoms with Gasteiger partial charge in [0.15, 0.2) is 5.78 Å². The fourth-order valence-corrected chi connectivity index (χ4v) is 4.38. The van der Waals surface area contributed by atoms with E-state index in [9.17, 15) is 9.59 Å². The molecule has 19 heavy (non-hydrogen) atoms. The number of primary amides is 1. The summed E-state index contributed by atoms with van der Waals surface area (Å²) in [6.45, 7) is 13.9. The monoisotopic (exact) mass is 301 g/mol. The van der Waals surface area contributed by atoms with Crippen LogP contribution in [-0.4, -0.2) is 28.1 Å². The van der Waals surface area contributed by atoms with Crippen molar-refractivity contribution in [3.63, 3.8) is 0 Å². The Kier molecular flexibility index (Phi) is 6.21. The zero-order valence-corrected chi connectivity index (χ0v) is 15.2. The molecule has 1 unspecified atom stereocenters. The summed E-state index contributed by atoms with van der Waals surface area (Å²) in [4.78, 5) is 22.9. The topological polar surface area (TPSA) is 69.4 Å². The second-order valence-corrected chi connectivity index (χ2v) is 16.8. The first-order chi connectivity index (χ1) is 8.33. The first kappa shape index (κ1) is 18.1. The van der Waals surface area contributed by atoms with Crippen LogP contribution in [-0.2, 0) is 14.0 Å². The molecule has 1 atom stereocenters. The van der Waals surface area contributed by atoms with Crippen LogP contribution < -0.4 is 5.73 Å². The van der Waals surface area contributed by atoms with E-state index in [-0.39, 0.29) is 17.2 Å². The van der Waals surface area contributed by atoms with Gasteiger partial charge in [0.05, 0.1) is 13.8 Å². The highest BCUT2D eigenvalue weighted by Gasteiger charge is 2.33. The quantitative estimate of drug-likeness (QED) is 0.446. The average molecular weight is 302 g/mol. The van der Waals surface area contributed by atoms with Gasteiger partial charge < -0.3 is 10.2 Å². The molecule has 0 saturated carbocycles. The molecule has 4 nitrogen and oxygen atoms in total. The predicted molar refractivity (Wildman–Crippen MR) is 84.1 cm³/mol. The van der Waals surface area contributed by atoms with Crippen LogP contribution >= 0.6 is 0 Å². The van der Waals surface area contributed by atoms with Gasteiger partial charge in [0.25, 0.3) is 0 Å². The maximum absolute atomic E-state index is 11.6. The number of amides is 1. The van der Waals surface area contributed by atoms with Crippen LogP contribution in [0.25, 0.3) is 0 Å². The fourth-order valence-electron chi connectivity index (χ4n) is 1.78. The van der Waals surface area contributed by atoms with Crippen LogP contribution in [0.3, 0.4) is 0 Å². The summed E-state index contributed by atoms with van der Waals surface area (Å²) in [6.07, 6.45) is 1.93. The van der Waals surface area contributed by atoms with Crippen LogP contribution in [0.5, 0.6) is 0 Å². The van der Waals surface area contributed by atoms with Crippen molar-refractivity contribution < 1.29 is 14.0 Å².